The van der Waals surface area contributed by atoms with Gasteiger partial charge in [0.05, 0.1) is 5.52 Å². The second-order valence-electron chi connectivity index (χ2n) is 8.50. The molecule has 4 rings (SSSR count). The number of halogens is 1. The predicted octanol–water partition coefficient (Wildman–Crippen LogP) is 5.02. The number of benzene rings is 1. The third-order valence-electron chi connectivity index (χ3n) is 5.51. The molecule has 2 saturated heterocycles. The highest BCUT2D eigenvalue weighted by Gasteiger charge is 2.45. The number of amides is 1. The van der Waals surface area contributed by atoms with E-state index in [1.54, 1.807) is 18.3 Å². The van der Waals surface area contributed by atoms with E-state index in [0.717, 1.165) is 42.1 Å². The van der Waals surface area contributed by atoms with Gasteiger partial charge in [-0.1, -0.05) is 0 Å². The van der Waals surface area contributed by atoms with Crippen molar-refractivity contribution in [2.24, 2.45) is 0 Å². The molecule has 1 amide bonds. The van der Waals surface area contributed by atoms with Crippen LogP contribution in [0.3, 0.4) is 0 Å². The normalized spacial score (nSPS) is 25.5. The first-order valence-electron chi connectivity index (χ1n) is 9.37. The van der Waals surface area contributed by atoms with Crippen molar-refractivity contribution in [2.45, 2.75) is 70.1 Å². The van der Waals surface area contributed by atoms with Gasteiger partial charge in [0.2, 0.25) is 0 Å². The molecule has 1 aromatic carbocycles. The molecule has 5 heteroatoms. The van der Waals surface area contributed by atoms with Gasteiger partial charge in [-0.3, -0.25) is 4.98 Å². The van der Waals surface area contributed by atoms with E-state index >= 15 is 0 Å². The van der Waals surface area contributed by atoms with E-state index < -0.39 is 5.60 Å². The molecular weight excluding hydrogens is 331 g/mol. The molecule has 2 aliphatic heterocycles. The SMILES string of the molecule is CC(C)(C)OC(=O)N1C2CCC1CC(c1ccnc3ccc(F)cc13)C2. The van der Waals surface area contributed by atoms with Crippen LogP contribution in [0.25, 0.3) is 10.9 Å². The number of nitrogens with zero attached hydrogens (tertiary/aromatic N) is 2. The largest absolute Gasteiger partial charge is 0.444 e. The number of carbonyl (C=O) groups excluding carboxylic acids is 1. The molecule has 0 saturated carbocycles. The molecule has 1 aromatic heterocycles. The fourth-order valence-electron chi connectivity index (χ4n) is 4.54. The minimum absolute atomic E-state index is 0.199. The van der Waals surface area contributed by atoms with E-state index in [4.69, 9.17) is 4.74 Å². The lowest BCUT2D eigenvalue weighted by Crippen LogP contribution is -2.48. The average Bonchev–Trinajstić information content (AvgIpc) is 2.83. The molecule has 0 aliphatic carbocycles. The number of pyridine rings is 1. The zero-order valence-corrected chi connectivity index (χ0v) is 15.5. The number of fused-ring (bicyclic) bond motifs is 3. The number of hydrogen-bond donors (Lipinski definition) is 0. The number of aromatic nitrogens is 1. The summed E-state index contributed by atoms with van der Waals surface area (Å²) in [5.41, 5.74) is 1.49. The van der Waals surface area contributed by atoms with Gasteiger partial charge in [-0.25, -0.2) is 9.18 Å². The van der Waals surface area contributed by atoms with Crippen molar-refractivity contribution in [1.82, 2.24) is 9.88 Å². The Balaban J connectivity index is 1.60. The Kier molecular flexibility index (Phi) is 4.13. The molecule has 0 radical (unpaired) electrons. The molecule has 2 unspecified atom stereocenters. The Bertz CT molecular complexity index is 832. The van der Waals surface area contributed by atoms with E-state index in [1.807, 2.05) is 31.7 Å². The first-order valence-corrected chi connectivity index (χ1v) is 9.37. The van der Waals surface area contributed by atoms with Gasteiger partial charge >= 0.3 is 6.09 Å². The highest BCUT2D eigenvalue weighted by molar-refractivity contribution is 5.82. The Hall–Kier alpha value is -2.17. The van der Waals surface area contributed by atoms with Gasteiger partial charge in [0, 0.05) is 23.7 Å². The zero-order chi connectivity index (χ0) is 18.5. The first-order chi connectivity index (χ1) is 12.3. The molecule has 138 valence electrons. The van der Waals surface area contributed by atoms with Crippen LogP contribution in [0.2, 0.25) is 0 Å². The van der Waals surface area contributed by atoms with Crippen LogP contribution < -0.4 is 0 Å². The second kappa shape index (κ2) is 6.22. The summed E-state index contributed by atoms with van der Waals surface area (Å²) in [6.07, 6.45) is 5.42. The molecule has 4 nitrogen and oxygen atoms in total. The van der Waals surface area contributed by atoms with Gasteiger partial charge in [-0.15, -0.1) is 0 Å². The van der Waals surface area contributed by atoms with E-state index in [2.05, 4.69) is 4.98 Å². The molecule has 2 aliphatic rings. The van der Waals surface area contributed by atoms with Crippen LogP contribution in [-0.4, -0.2) is 33.7 Å². The number of hydrogen-bond acceptors (Lipinski definition) is 3. The van der Waals surface area contributed by atoms with E-state index in [0.29, 0.717) is 5.92 Å². The monoisotopic (exact) mass is 356 g/mol. The maximum absolute atomic E-state index is 13.8. The lowest BCUT2D eigenvalue weighted by atomic mass is 9.84. The summed E-state index contributed by atoms with van der Waals surface area (Å²) in [4.78, 5) is 18.9. The third-order valence-corrected chi connectivity index (χ3v) is 5.51. The van der Waals surface area contributed by atoms with E-state index in [9.17, 15) is 9.18 Å². The lowest BCUT2D eigenvalue weighted by Gasteiger charge is -2.39. The van der Waals surface area contributed by atoms with Crippen LogP contribution in [0.15, 0.2) is 30.5 Å². The Morgan fingerprint density at radius 1 is 1.19 bits per heavy atom. The van der Waals surface area contributed by atoms with Crippen LogP contribution >= 0.6 is 0 Å². The molecule has 26 heavy (non-hydrogen) atoms. The van der Waals surface area contributed by atoms with E-state index in [1.165, 1.54) is 6.07 Å². The number of piperidine rings is 1. The lowest BCUT2D eigenvalue weighted by molar-refractivity contribution is 0.00589. The summed E-state index contributed by atoms with van der Waals surface area (Å²) in [6, 6.07) is 7.18. The topological polar surface area (TPSA) is 42.4 Å². The number of carbonyl (C=O) groups is 1. The van der Waals surface area contributed by atoms with Crippen molar-refractivity contribution in [1.29, 1.82) is 0 Å². The van der Waals surface area contributed by atoms with Crippen molar-refractivity contribution in [3.05, 3.63) is 41.8 Å². The van der Waals surface area contributed by atoms with Gasteiger partial charge in [0.15, 0.2) is 0 Å². The molecule has 3 heterocycles. The molecule has 0 N–H and O–H groups in total. The summed E-state index contributed by atoms with van der Waals surface area (Å²) in [5, 5.41) is 0.891. The van der Waals surface area contributed by atoms with Gasteiger partial charge in [-0.2, -0.15) is 0 Å². The fraction of sp³-hybridized carbons (Fsp3) is 0.524. The average molecular weight is 356 g/mol. The van der Waals surface area contributed by atoms with Gasteiger partial charge in [-0.05, 0) is 82.2 Å². The molecule has 0 spiro atoms. The maximum Gasteiger partial charge on any atom is 0.410 e. The summed E-state index contributed by atoms with van der Waals surface area (Å²) >= 11 is 0. The summed E-state index contributed by atoms with van der Waals surface area (Å²) in [5.74, 6) is 0.0828. The van der Waals surface area contributed by atoms with Crippen LogP contribution in [-0.2, 0) is 4.74 Å². The fourth-order valence-corrected chi connectivity index (χ4v) is 4.54. The summed E-state index contributed by atoms with van der Waals surface area (Å²) in [7, 11) is 0. The van der Waals surface area contributed by atoms with Crippen LogP contribution in [0, 0.1) is 5.82 Å². The highest BCUT2D eigenvalue weighted by atomic mass is 19.1. The summed E-state index contributed by atoms with van der Waals surface area (Å²) in [6.45, 7) is 5.70. The zero-order valence-electron chi connectivity index (χ0n) is 15.5. The Morgan fingerprint density at radius 2 is 1.88 bits per heavy atom. The van der Waals surface area contributed by atoms with Crippen molar-refractivity contribution in [3.63, 3.8) is 0 Å². The highest BCUT2D eigenvalue weighted by Crippen LogP contribution is 2.45. The van der Waals surface area contributed by atoms with Crippen LogP contribution in [0.1, 0.15) is 57.9 Å². The Labute approximate surface area is 153 Å². The third kappa shape index (κ3) is 3.15. The smallest absolute Gasteiger partial charge is 0.410 e. The molecular formula is C21H25FN2O2. The predicted molar refractivity (Wildman–Crippen MR) is 98.6 cm³/mol. The van der Waals surface area contributed by atoms with Crippen molar-refractivity contribution in [2.75, 3.05) is 0 Å². The van der Waals surface area contributed by atoms with Gasteiger partial charge in [0.1, 0.15) is 11.4 Å². The maximum atomic E-state index is 13.8. The molecule has 2 atom stereocenters. The van der Waals surface area contributed by atoms with Crippen LogP contribution in [0.4, 0.5) is 9.18 Å². The summed E-state index contributed by atoms with van der Waals surface area (Å²) < 4.78 is 19.4. The van der Waals surface area contributed by atoms with Crippen LogP contribution in [0.5, 0.6) is 0 Å². The standard InChI is InChI=1S/C21H25FN2O2/c1-21(2,3)26-20(25)24-15-5-6-16(24)11-13(10-15)17-8-9-23-19-7-4-14(22)12-18(17)19/h4,7-9,12-13,15-16H,5-6,10-11H2,1-3H3. The molecule has 2 aromatic rings. The number of rotatable bonds is 1. The number of ether oxygens (including phenoxy) is 1. The van der Waals surface area contributed by atoms with Crippen molar-refractivity contribution >= 4 is 17.0 Å². The quantitative estimate of drug-likeness (QED) is 0.720. The van der Waals surface area contributed by atoms with Crippen molar-refractivity contribution < 1.29 is 13.9 Å². The first kappa shape index (κ1) is 17.3. The minimum atomic E-state index is -0.480. The van der Waals surface area contributed by atoms with E-state index in [-0.39, 0.29) is 24.0 Å². The molecule has 2 fully saturated rings. The Morgan fingerprint density at radius 3 is 2.54 bits per heavy atom. The van der Waals surface area contributed by atoms with Gasteiger partial charge < -0.3 is 9.64 Å². The minimum Gasteiger partial charge on any atom is -0.444 e. The molecule has 2 bridgehead atoms. The van der Waals surface area contributed by atoms with Crippen molar-refractivity contribution in [3.8, 4) is 0 Å². The van der Waals surface area contributed by atoms with Gasteiger partial charge in [0.25, 0.3) is 0 Å². The second-order valence-corrected chi connectivity index (χ2v) is 8.50.